The van der Waals surface area contributed by atoms with E-state index in [2.05, 4.69) is 0 Å². The highest BCUT2D eigenvalue weighted by atomic mass is 16.6. The number of nitrogens with zero attached hydrogens (tertiary/aromatic N) is 1. The van der Waals surface area contributed by atoms with E-state index in [4.69, 9.17) is 9.47 Å². The van der Waals surface area contributed by atoms with E-state index in [0.717, 1.165) is 5.56 Å². The van der Waals surface area contributed by atoms with E-state index in [1.807, 2.05) is 30.3 Å². The first-order valence-corrected chi connectivity index (χ1v) is 7.42. The molecule has 0 unspecified atom stereocenters. The second-order valence-electron chi connectivity index (χ2n) is 5.20. The average molecular weight is 307 g/mol. The average Bonchev–Trinajstić information content (AvgIpc) is 2.53. The van der Waals surface area contributed by atoms with Crippen LogP contribution in [0.2, 0.25) is 0 Å². The molecular formula is C16H21NO5. The first kappa shape index (κ1) is 16.3. The molecule has 6 heteroatoms. The molecule has 6 nitrogen and oxygen atoms in total. The Morgan fingerprint density at radius 3 is 2.64 bits per heavy atom. The lowest BCUT2D eigenvalue weighted by atomic mass is 9.94. The molecule has 22 heavy (non-hydrogen) atoms. The van der Waals surface area contributed by atoms with Gasteiger partial charge in [0.1, 0.15) is 6.61 Å². The zero-order valence-corrected chi connectivity index (χ0v) is 12.6. The molecule has 1 N–H and O–H groups in total. The largest absolute Gasteiger partial charge is 0.466 e. The summed E-state index contributed by atoms with van der Waals surface area (Å²) in [6.45, 7) is 2.64. The van der Waals surface area contributed by atoms with E-state index in [-0.39, 0.29) is 19.8 Å². The highest BCUT2D eigenvalue weighted by Crippen LogP contribution is 2.20. The summed E-state index contributed by atoms with van der Waals surface area (Å²) in [6.07, 6.45) is -1.03. The van der Waals surface area contributed by atoms with E-state index in [1.165, 1.54) is 4.90 Å². The van der Waals surface area contributed by atoms with Crippen LogP contribution in [0.25, 0.3) is 0 Å². The van der Waals surface area contributed by atoms with E-state index in [1.54, 1.807) is 6.92 Å². The van der Waals surface area contributed by atoms with Crippen molar-refractivity contribution in [3.05, 3.63) is 35.9 Å². The lowest BCUT2D eigenvalue weighted by Gasteiger charge is -2.33. The third kappa shape index (κ3) is 4.21. The van der Waals surface area contributed by atoms with Gasteiger partial charge in [-0.1, -0.05) is 30.3 Å². The van der Waals surface area contributed by atoms with Crippen molar-refractivity contribution in [2.24, 2.45) is 5.92 Å². The molecule has 0 aromatic heterocycles. The predicted molar refractivity (Wildman–Crippen MR) is 78.9 cm³/mol. The van der Waals surface area contributed by atoms with Crippen LogP contribution in [0.3, 0.4) is 0 Å². The van der Waals surface area contributed by atoms with E-state index in [9.17, 15) is 14.7 Å². The molecule has 0 radical (unpaired) electrons. The molecule has 1 aliphatic heterocycles. The number of benzene rings is 1. The van der Waals surface area contributed by atoms with E-state index in [0.29, 0.717) is 13.0 Å². The van der Waals surface area contributed by atoms with E-state index < -0.39 is 24.1 Å². The number of ether oxygens (including phenoxy) is 2. The summed E-state index contributed by atoms with van der Waals surface area (Å²) in [4.78, 5) is 25.1. The summed E-state index contributed by atoms with van der Waals surface area (Å²) in [6, 6.07) is 9.38. The smallest absolute Gasteiger partial charge is 0.410 e. The standard InChI is InChI=1S/C16H21NO5/c1-2-21-15(19)13-8-9-17(10-14(13)18)16(20)22-11-12-6-4-3-5-7-12/h3-7,13-14,18H,2,8-11H2,1H3/t13-,14+/m0/s1. The number of carbonyl (C=O) groups is 2. The van der Waals surface area contributed by atoms with Crippen LogP contribution >= 0.6 is 0 Å². The number of rotatable bonds is 4. The van der Waals surface area contributed by atoms with Crippen LogP contribution in [-0.2, 0) is 20.9 Å². The fraction of sp³-hybridized carbons (Fsp3) is 0.500. The molecular weight excluding hydrogens is 286 g/mol. The van der Waals surface area contributed by atoms with Crippen molar-refractivity contribution >= 4 is 12.1 Å². The molecule has 1 amide bonds. The van der Waals surface area contributed by atoms with Crippen molar-refractivity contribution in [3.8, 4) is 0 Å². The minimum absolute atomic E-state index is 0.0805. The number of β-amino-alcohol motifs (C(OH)–C–C–N with tert-alkyl or cyclic N) is 1. The number of piperidine rings is 1. The van der Waals surface area contributed by atoms with Crippen molar-refractivity contribution in [2.45, 2.75) is 26.1 Å². The van der Waals surface area contributed by atoms with E-state index >= 15 is 0 Å². The molecule has 0 spiro atoms. The number of hydrogen-bond acceptors (Lipinski definition) is 5. The summed E-state index contributed by atoms with van der Waals surface area (Å²) in [5.74, 6) is -0.981. The molecule has 1 aromatic carbocycles. The molecule has 1 saturated heterocycles. The van der Waals surface area contributed by atoms with Crippen molar-refractivity contribution in [3.63, 3.8) is 0 Å². The van der Waals surface area contributed by atoms with Crippen LogP contribution in [0.5, 0.6) is 0 Å². The fourth-order valence-corrected chi connectivity index (χ4v) is 2.43. The maximum Gasteiger partial charge on any atom is 0.410 e. The molecule has 0 saturated carbocycles. The molecule has 2 rings (SSSR count). The zero-order chi connectivity index (χ0) is 15.9. The molecule has 1 heterocycles. The minimum atomic E-state index is -0.919. The number of likely N-dealkylation sites (tertiary alicyclic amines) is 1. The van der Waals surface area contributed by atoms with Gasteiger partial charge in [0.05, 0.1) is 25.2 Å². The fourth-order valence-electron chi connectivity index (χ4n) is 2.43. The highest BCUT2D eigenvalue weighted by Gasteiger charge is 2.36. The van der Waals surface area contributed by atoms with Gasteiger partial charge in [-0.05, 0) is 18.9 Å². The Hall–Kier alpha value is -2.08. The van der Waals surface area contributed by atoms with Gasteiger partial charge < -0.3 is 19.5 Å². The predicted octanol–water partition coefficient (Wildman–Crippen LogP) is 1.57. The van der Waals surface area contributed by atoms with Gasteiger partial charge in [0, 0.05) is 6.54 Å². The Kier molecular flexibility index (Phi) is 5.77. The molecule has 1 aromatic rings. The zero-order valence-electron chi connectivity index (χ0n) is 12.6. The molecule has 1 aliphatic rings. The normalized spacial score (nSPS) is 21.3. The van der Waals surface area contributed by atoms with Gasteiger partial charge in [-0.25, -0.2) is 4.79 Å². The Balaban J connectivity index is 1.82. The maximum atomic E-state index is 12.0. The van der Waals surface area contributed by atoms with Crippen LogP contribution in [0, 0.1) is 5.92 Å². The molecule has 120 valence electrons. The van der Waals surface area contributed by atoms with Gasteiger partial charge >= 0.3 is 12.1 Å². The van der Waals surface area contributed by atoms with Crippen molar-refractivity contribution in [1.29, 1.82) is 0 Å². The maximum absolute atomic E-state index is 12.0. The number of amides is 1. The van der Waals surface area contributed by atoms with Crippen LogP contribution in [0.1, 0.15) is 18.9 Å². The van der Waals surface area contributed by atoms with Crippen molar-refractivity contribution in [1.82, 2.24) is 4.90 Å². The lowest BCUT2D eigenvalue weighted by Crippen LogP contribution is -2.49. The van der Waals surface area contributed by atoms with Crippen LogP contribution in [0.4, 0.5) is 4.79 Å². The van der Waals surface area contributed by atoms with Crippen molar-refractivity contribution < 1.29 is 24.2 Å². The van der Waals surface area contributed by atoms with Gasteiger partial charge in [0.2, 0.25) is 0 Å². The summed E-state index contributed by atoms with van der Waals surface area (Å²) < 4.78 is 10.1. The topological polar surface area (TPSA) is 76.1 Å². The van der Waals surface area contributed by atoms with Crippen LogP contribution in [0.15, 0.2) is 30.3 Å². The lowest BCUT2D eigenvalue weighted by molar-refractivity contribution is -0.154. The Labute approximate surface area is 129 Å². The molecule has 2 atom stereocenters. The van der Waals surface area contributed by atoms with Gasteiger partial charge in [-0.2, -0.15) is 0 Å². The first-order chi connectivity index (χ1) is 10.6. The second-order valence-corrected chi connectivity index (χ2v) is 5.20. The summed E-state index contributed by atoms with van der Waals surface area (Å²) in [5.41, 5.74) is 0.901. The van der Waals surface area contributed by atoms with Gasteiger partial charge in [0.25, 0.3) is 0 Å². The number of carbonyl (C=O) groups excluding carboxylic acids is 2. The summed E-state index contributed by atoms with van der Waals surface area (Å²) in [7, 11) is 0. The Bertz CT molecular complexity index is 505. The van der Waals surface area contributed by atoms with Crippen LogP contribution < -0.4 is 0 Å². The van der Waals surface area contributed by atoms with Crippen molar-refractivity contribution in [2.75, 3.05) is 19.7 Å². The number of hydrogen-bond donors (Lipinski definition) is 1. The molecule has 0 aliphatic carbocycles. The van der Waals surface area contributed by atoms with Gasteiger partial charge in [-0.3, -0.25) is 4.79 Å². The number of aliphatic hydroxyl groups excluding tert-OH is 1. The summed E-state index contributed by atoms with van der Waals surface area (Å²) in [5, 5.41) is 10.0. The second kappa shape index (κ2) is 7.79. The SMILES string of the molecule is CCOC(=O)[C@H]1CCN(C(=O)OCc2ccccc2)C[C@H]1O. The number of aliphatic hydroxyl groups is 1. The third-order valence-electron chi connectivity index (χ3n) is 3.63. The minimum Gasteiger partial charge on any atom is -0.466 e. The highest BCUT2D eigenvalue weighted by molar-refractivity contribution is 5.74. The van der Waals surface area contributed by atoms with Gasteiger partial charge in [-0.15, -0.1) is 0 Å². The van der Waals surface area contributed by atoms with Crippen LogP contribution in [-0.4, -0.2) is 47.9 Å². The summed E-state index contributed by atoms with van der Waals surface area (Å²) >= 11 is 0. The third-order valence-corrected chi connectivity index (χ3v) is 3.63. The first-order valence-electron chi connectivity index (χ1n) is 7.42. The van der Waals surface area contributed by atoms with Gasteiger partial charge in [0.15, 0.2) is 0 Å². The monoisotopic (exact) mass is 307 g/mol. The molecule has 0 bridgehead atoms. The quantitative estimate of drug-likeness (QED) is 0.855. The number of esters is 1. The Morgan fingerprint density at radius 1 is 1.27 bits per heavy atom. The molecule has 1 fully saturated rings. The Morgan fingerprint density at radius 2 is 2.00 bits per heavy atom.